The summed E-state index contributed by atoms with van der Waals surface area (Å²) in [7, 11) is 0. The Bertz CT molecular complexity index is 1300. The summed E-state index contributed by atoms with van der Waals surface area (Å²) < 4.78 is 33.7. The molecule has 0 N–H and O–H groups in total. The molecule has 152 valence electrons. The molecule has 0 saturated carbocycles. The third-order valence-corrected chi connectivity index (χ3v) is 5.22. The van der Waals surface area contributed by atoms with Crippen LogP contribution in [0.1, 0.15) is 5.56 Å². The number of nitriles is 1. The smallest absolute Gasteiger partial charge is 0.313 e. The van der Waals surface area contributed by atoms with Crippen LogP contribution < -0.4 is 9.91 Å². The third kappa shape index (κ3) is 2.42. The van der Waals surface area contributed by atoms with Gasteiger partial charge in [-0.2, -0.15) is 14.6 Å². The van der Waals surface area contributed by atoms with Crippen LogP contribution in [0.3, 0.4) is 0 Å². The van der Waals surface area contributed by atoms with Crippen molar-refractivity contribution < 1.29 is 13.3 Å². The first kappa shape index (κ1) is 17.4. The molecule has 2 aromatic carbocycles. The second-order valence-electron chi connectivity index (χ2n) is 6.93. The van der Waals surface area contributed by atoms with Crippen LogP contribution in [0.5, 0.6) is 0 Å². The molecule has 0 saturated heterocycles. The molecule has 3 aliphatic rings. The first-order valence-electron chi connectivity index (χ1n) is 9.30. The van der Waals surface area contributed by atoms with E-state index in [0.717, 1.165) is 4.90 Å². The Labute approximate surface area is 174 Å². The number of aromatic nitrogens is 2. The lowest BCUT2D eigenvalue weighted by Crippen LogP contribution is -2.50. The van der Waals surface area contributed by atoms with E-state index < -0.39 is 6.42 Å². The summed E-state index contributed by atoms with van der Waals surface area (Å²) >= 11 is 0. The van der Waals surface area contributed by atoms with Crippen molar-refractivity contribution in [1.82, 2.24) is 20.0 Å². The Hall–Kier alpha value is -4.46. The normalized spacial score (nSPS) is 18.9. The number of amidine groups is 1. The number of aliphatic imine (C=N–C) groups is 1. The number of fused-ring (bicyclic) bond motifs is 6. The SMILES string of the molecule is N#CN1C=C2N(c3ccccc3C3=NCN(c4nc(-c5ccc(F)cc5)no4)N23)C1F. The molecule has 0 radical (unpaired) electrons. The van der Waals surface area contributed by atoms with E-state index in [9.17, 15) is 9.65 Å². The van der Waals surface area contributed by atoms with Crippen LogP contribution in [0.4, 0.5) is 20.5 Å². The van der Waals surface area contributed by atoms with E-state index in [-0.39, 0.29) is 24.3 Å². The highest BCUT2D eigenvalue weighted by molar-refractivity contribution is 6.09. The van der Waals surface area contributed by atoms with Gasteiger partial charge in [0.25, 0.3) is 6.42 Å². The molecule has 0 amide bonds. The molecule has 9 nitrogen and oxygen atoms in total. The van der Waals surface area contributed by atoms with E-state index in [2.05, 4.69) is 15.1 Å². The zero-order valence-corrected chi connectivity index (χ0v) is 15.7. The van der Waals surface area contributed by atoms with Gasteiger partial charge in [-0.3, -0.25) is 4.90 Å². The zero-order valence-electron chi connectivity index (χ0n) is 15.7. The Morgan fingerprint density at radius 3 is 2.74 bits per heavy atom. The minimum atomic E-state index is -1.69. The summed E-state index contributed by atoms with van der Waals surface area (Å²) in [6.07, 6.45) is 1.56. The van der Waals surface area contributed by atoms with E-state index in [1.807, 2.05) is 18.3 Å². The molecule has 4 heterocycles. The maximum absolute atomic E-state index is 15.1. The third-order valence-electron chi connectivity index (χ3n) is 5.22. The van der Waals surface area contributed by atoms with Crippen molar-refractivity contribution in [2.45, 2.75) is 6.42 Å². The first-order chi connectivity index (χ1) is 15.2. The number of para-hydroxylation sites is 1. The van der Waals surface area contributed by atoms with Crippen LogP contribution in [0.2, 0.25) is 0 Å². The molecular formula is C20H12F2N8O. The van der Waals surface area contributed by atoms with Gasteiger partial charge in [0, 0.05) is 11.1 Å². The largest absolute Gasteiger partial charge is 0.345 e. The summed E-state index contributed by atoms with van der Waals surface area (Å²) in [5, 5.41) is 16.6. The van der Waals surface area contributed by atoms with Gasteiger partial charge in [-0.05, 0) is 36.4 Å². The second-order valence-corrected chi connectivity index (χ2v) is 6.93. The average molecular weight is 418 g/mol. The molecule has 6 rings (SSSR count). The van der Waals surface area contributed by atoms with E-state index in [1.165, 1.54) is 23.2 Å². The molecule has 31 heavy (non-hydrogen) atoms. The standard InChI is InChI=1S/C20H12F2N8O/c21-13-7-5-12(6-8-13)17-25-20(31-26-17)28-11-24-18-14-3-1-2-4-15(14)29-16(30(18)28)9-27(10-23)19(29)22/h1-9,19H,11H2. The molecule has 0 fully saturated rings. The van der Waals surface area contributed by atoms with Gasteiger partial charge in [0.05, 0.1) is 11.9 Å². The fraction of sp³-hybridized carbons (Fsp3) is 0.100. The molecular weight excluding hydrogens is 406 g/mol. The Morgan fingerprint density at radius 1 is 1.13 bits per heavy atom. The fourth-order valence-electron chi connectivity index (χ4n) is 3.82. The molecule has 0 bridgehead atoms. The van der Waals surface area contributed by atoms with Gasteiger partial charge in [0.2, 0.25) is 5.82 Å². The highest BCUT2D eigenvalue weighted by atomic mass is 19.1. The van der Waals surface area contributed by atoms with Crippen LogP contribution in [0, 0.1) is 17.3 Å². The fourth-order valence-corrected chi connectivity index (χ4v) is 3.82. The van der Waals surface area contributed by atoms with Crippen molar-refractivity contribution in [1.29, 1.82) is 5.26 Å². The van der Waals surface area contributed by atoms with Gasteiger partial charge in [0.15, 0.2) is 17.8 Å². The lowest BCUT2D eigenvalue weighted by Gasteiger charge is -2.39. The molecule has 1 aromatic heterocycles. The monoisotopic (exact) mass is 418 g/mol. The molecule has 3 aromatic rings. The number of rotatable bonds is 2. The number of nitrogens with zero attached hydrogens (tertiary/aromatic N) is 8. The first-order valence-corrected chi connectivity index (χ1v) is 9.30. The van der Waals surface area contributed by atoms with Gasteiger partial charge < -0.3 is 4.52 Å². The van der Waals surface area contributed by atoms with Crippen molar-refractivity contribution in [2.75, 3.05) is 16.6 Å². The average Bonchev–Trinajstić information content (AvgIpc) is 3.51. The summed E-state index contributed by atoms with van der Waals surface area (Å²) in [5.41, 5.74) is 1.90. The van der Waals surface area contributed by atoms with Gasteiger partial charge in [-0.15, -0.1) is 0 Å². The minimum Gasteiger partial charge on any atom is -0.313 e. The van der Waals surface area contributed by atoms with Gasteiger partial charge >= 0.3 is 6.01 Å². The summed E-state index contributed by atoms with van der Waals surface area (Å²) in [5.74, 6) is 0.880. The number of halogens is 2. The molecule has 0 spiro atoms. The maximum Gasteiger partial charge on any atom is 0.345 e. The zero-order chi connectivity index (χ0) is 21.1. The van der Waals surface area contributed by atoms with Crippen LogP contribution in [0.25, 0.3) is 11.4 Å². The number of hydrazine groups is 1. The second kappa shape index (κ2) is 6.27. The van der Waals surface area contributed by atoms with Gasteiger partial charge in [0.1, 0.15) is 12.5 Å². The van der Waals surface area contributed by atoms with Crippen LogP contribution in [-0.4, -0.2) is 39.0 Å². The number of hydrogen-bond acceptors (Lipinski definition) is 9. The van der Waals surface area contributed by atoms with Crippen LogP contribution in [0.15, 0.2) is 70.1 Å². The Kier molecular flexibility index (Phi) is 3.52. The van der Waals surface area contributed by atoms with E-state index in [4.69, 9.17) is 4.52 Å². The number of hydrogen-bond donors (Lipinski definition) is 0. The highest BCUT2D eigenvalue weighted by Crippen LogP contribution is 2.42. The van der Waals surface area contributed by atoms with Crippen molar-refractivity contribution >= 4 is 17.5 Å². The van der Waals surface area contributed by atoms with E-state index in [0.29, 0.717) is 28.5 Å². The van der Waals surface area contributed by atoms with Crippen molar-refractivity contribution in [3.05, 3.63) is 71.9 Å². The highest BCUT2D eigenvalue weighted by Gasteiger charge is 2.47. The quantitative estimate of drug-likeness (QED) is 0.464. The molecule has 0 aliphatic carbocycles. The predicted octanol–water partition coefficient (Wildman–Crippen LogP) is 2.99. The summed E-state index contributed by atoms with van der Waals surface area (Å²) in [4.78, 5) is 11.3. The number of alkyl halides is 1. The van der Waals surface area contributed by atoms with Gasteiger partial charge in [-0.25, -0.2) is 24.3 Å². The van der Waals surface area contributed by atoms with Crippen molar-refractivity contribution in [3.8, 4) is 17.6 Å². The number of anilines is 2. The molecule has 3 aliphatic heterocycles. The molecule has 11 heteroatoms. The lowest BCUT2D eigenvalue weighted by atomic mass is 10.1. The Morgan fingerprint density at radius 2 is 1.94 bits per heavy atom. The topological polar surface area (TPSA) is 88.0 Å². The molecule has 1 atom stereocenters. The maximum atomic E-state index is 15.1. The molecule has 1 unspecified atom stereocenters. The predicted molar refractivity (Wildman–Crippen MR) is 105 cm³/mol. The van der Waals surface area contributed by atoms with Crippen molar-refractivity contribution in [3.63, 3.8) is 0 Å². The lowest BCUT2D eigenvalue weighted by molar-refractivity contribution is 0.204. The summed E-state index contributed by atoms with van der Waals surface area (Å²) in [6, 6.07) is 13.1. The van der Waals surface area contributed by atoms with Crippen molar-refractivity contribution in [2.24, 2.45) is 4.99 Å². The Balaban J connectivity index is 1.43. The van der Waals surface area contributed by atoms with E-state index in [1.54, 1.807) is 34.3 Å². The van der Waals surface area contributed by atoms with Crippen LogP contribution in [-0.2, 0) is 0 Å². The summed E-state index contributed by atoms with van der Waals surface area (Å²) in [6.45, 7) is 0.156. The number of benzene rings is 2. The van der Waals surface area contributed by atoms with Gasteiger partial charge in [-0.1, -0.05) is 17.3 Å². The minimum absolute atomic E-state index is 0.129. The van der Waals surface area contributed by atoms with E-state index >= 15 is 4.39 Å². The van der Waals surface area contributed by atoms with Crippen LogP contribution >= 0.6 is 0 Å².